The van der Waals surface area contributed by atoms with Gasteiger partial charge in [0.1, 0.15) is 18.1 Å². The zero-order valence-corrected chi connectivity index (χ0v) is 19.1. The van der Waals surface area contributed by atoms with Crippen LogP contribution in [0.1, 0.15) is 45.8 Å². The molecule has 7 heteroatoms. The first-order valence-corrected chi connectivity index (χ1v) is 10.7. The van der Waals surface area contributed by atoms with Crippen molar-refractivity contribution in [3.8, 4) is 17.2 Å². The molecule has 0 aliphatic heterocycles. The molecule has 0 unspecified atom stereocenters. The minimum Gasteiger partial charge on any atom is -0.494 e. The van der Waals surface area contributed by atoms with E-state index in [0.717, 1.165) is 35.6 Å². The number of carbonyl (C=O) groups excluding carboxylic acids is 1. The first kappa shape index (κ1) is 23.2. The van der Waals surface area contributed by atoms with E-state index in [1.165, 1.54) is 5.56 Å². The van der Waals surface area contributed by atoms with Gasteiger partial charge < -0.3 is 24.1 Å². The minimum atomic E-state index is -0.153. The Labute approximate surface area is 188 Å². The highest BCUT2D eigenvalue weighted by atomic mass is 16.5. The number of nitrogens with one attached hydrogen (secondary N) is 1. The van der Waals surface area contributed by atoms with Gasteiger partial charge in [-0.15, -0.1) is 0 Å². The summed E-state index contributed by atoms with van der Waals surface area (Å²) in [6.45, 7) is 7.26. The number of unbranched alkanes of at least 4 members (excludes halogenated alkanes) is 1. The highest BCUT2D eigenvalue weighted by molar-refractivity contribution is 5.94. The topological polar surface area (TPSA) is 82.8 Å². The third kappa shape index (κ3) is 6.26. The molecule has 0 aliphatic rings. The van der Waals surface area contributed by atoms with Crippen molar-refractivity contribution in [2.24, 2.45) is 0 Å². The number of aromatic nitrogens is 1. The number of amides is 1. The van der Waals surface area contributed by atoms with E-state index in [1.54, 1.807) is 25.3 Å². The van der Waals surface area contributed by atoms with Gasteiger partial charge in [-0.25, -0.2) is 0 Å². The van der Waals surface area contributed by atoms with Crippen molar-refractivity contribution >= 4 is 5.91 Å². The maximum atomic E-state index is 12.5. The summed E-state index contributed by atoms with van der Waals surface area (Å²) in [6.07, 6.45) is 1.68. The second-order valence-electron chi connectivity index (χ2n) is 7.58. The molecule has 0 radical (unpaired) electrons. The predicted molar refractivity (Wildman–Crippen MR) is 122 cm³/mol. The Balaban J connectivity index is 1.44. The van der Waals surface area contributed by atoms with Crippen LogP contribution in [0.25, 0.3) is 0 Å². The van der Waals surface area contributed by atoms with Crippen LogP contribution in [-0.2, 0) is 6.61 Å². The number of ether oxygens (including phenoxy) is 3. The summed E-state index contributed by atoms with van der Waals surface area (Å²) in [5, 5.41) is 6.86. The molecule has 170 valence electrons. The van der Waals surface area contributed by atoms with Gasteiger partial charge in [0.2, 0.25) is 0 Å². The standard InChI is InChI=1S/C25H30N2O5/c1-17-7-10-21(11-8-17)30-14-6-5-13-26-25(28)20-9-12-23(24(15-20)29-4)31-16-22-18(2)27-32-19(22)3/h7-12,15H,5-6,13-14,16H2,1-4H3,(H,26,28). The molecule has 0 atom stereocenters. The highest BCUT2D eigenvalue weighted by Crippen LogP contribution is 2.29. The fourth-order valence-electron chi connectivity index (χ4n) is 3.14. The summed E-state index contributed by atoms with van der Waals surface area (Å²) in [5.74, 6) is 2.48. The molecule has 3 aromatic rings. The SMILES string of the molecule is COc1cc(C(=O)NCCCCOc2ccc(C)cc2)ccc1OCc1c(C)noc1C. The minimum absolute atomic E-state index is 0.153. The normalized spacial score (nSPS) is 10.6. The number of rotatable bonds is 11. The third-order valence-corrected chi connectivity index (χ3v) is 5.13. The average molecular weight is 439 g/mol. The van der Waals surface area contributed by atoms with Crippen LogP contribution in [0.15, 0.2) is 47.0 Å². The van der Waals surface area contributed by atoms with Crippen molar-refractivity contribution < 1.29 is 23.5 Å². The lowest BCUT2D eigenvalue weighted by Crippen LogP contribution is -2.24. The van der Waals surface area contributed by atoms with Gasteiger partial charge in [-0.2, -0.15) is 0 Å². The fraction of sp³-hybridized carbons (Fsp3) is 0.360. The molecule has 3 rings (SSSR count). The van der Waals surface area contributed by atoms with Crippen LogP contribution in [0.4, 0.5) is 0 Å². The van der Waals surface area contributed by atoms with E-state index >= 15 is 0 Å². The summed E-state index contributed by atoms with van der Waals surface area (Å²) >= 11 is 0. The Morgan fingerprint density at radius 1 is 1.00 bits per heavy atom. The van der Waals surface area contributed by atoms with Gasteiger partial charge in [0.05, 0.1) is 25.0 Å². The van der Waals surface area contributed by atoms with E-state index in [0.29, 0.717) is 36.8 Å². The Morgan fingerprint density at radius 3 is 2.47 bits per heavy atom. The number of nitrogens with zero attached hydrogens (tertiary/aromatic N) is 1. The van der Waals surface area contributed by atoms with E-state index in [-0.39, 0.29) is 5.91 Å². The van der Waals surface area contributed by atoms with Crippen molar-refractivity contribution in [2.45, 2.75) is 40.2 Å². The smallest absolute Gasteiger partial charge is 0.251 e. The summed E-state index contributed by atoms with van der Waals surface area (Å²) in [4.78, 5) is 12.5. The Kier molecular flexibility index (Phi) is 8.14. The number of hydrogen-bond donors (Lipinski definition) is 1. The molecule has 1 heterocycles. The maximum Gasteiger partial charge on any atom is 0.251 e. The Hall–Kier alpha value is -3.48. The molecule has 0 aliphatic carbocycles. The largest absolute Gasteiger partial charge is 0.494 e. The quantitative estimate of drug-likeness (QED) is 0.434. The predicted octanol–water partition coefficient (Wildman–Crippen LogP) is 4.78. The van der Waals surface area contributed by atoms with Gasteiger partial charge >= 0.3 is 0 Å². The first-order valence-electron chi connectivity index (χ1n) is 10.7. The molecule has 0 saturated heterocycles. The number of hydrogen-bond acceptors (Lipinski definition) is 6. The molecule has 0 bridgehead atoms. The molecular weight excluding hydrogens is 408 g/mol. The lowest BCUT2D eigenvalue weighted by Gasteiger charge is -2.12. The molecule has 1 aromatic heterocycles. The number of benzene rings is 2. The Morgan fingerprint density at radius 2 is 1.78 bits per heavy atom. The van der Waals surface area contributed by atoms with Gasteiger partial charge in [0.25, 0.3) is 5.91 Å². The zero-order valence-electron chi connectivity index (χ0n) is 19.1. The number of carbonyl (C=O) groups is 1. The van der Waals surface area contributed by atoms with Crippen LogP contribution in [0.2, 0.25) is 0 Å². The summed E-state index contributed by atoms with van der Waals surface area (Å²) in [6, 6.07) is 13.1. The molecule has 1 N–H and O–H groups in total. The lowest BCUT2D eigenvalue weighted by molar-refractivity contribution is 0.0952. The Bertz CT molecular complexity index is 1010. The summed E-state index contributed by atoms with van der Waals surface area (Å²) in [5.41, 5.74) is 3.42. The van der Waals surface area contributed by atoms with Crippen LogP contribution in [0, 0.1) is 20.8 Å². The van der Waals surface area contributed by atoms with Crippen molar-refractivity contribution in [3.63, 3.8) is 0 Å². The third-order valence-electron chi connectivity index (χ3n) is 5.13. The van der Waals surface area contributed by atoms with Crippen molar-refractivity contribution in [1.82, 2.24) is 10.5 Å². The van der Waals surface area contributed by atoms with Gasteiger partial charge in [-0.3, -0.25) is 4.79 Å². The van der Waals surface area contributed by atoms with Crippen LogP contribution < -0.4 is 19.5 Å². The van der Waals surface area contributed by atoms with E-state index in [1.807, 2.05) is 45.0 Å². The van der Waals surface area contributed by atoms with Crippen molar-refractivity contribution in [3.05, 3.63) is 70.6 Å². The second kappa shape index (κ2) is 11.2. The average Bonchev–Trinajstić information content (AvgIpc) is 3.12. The fourth-order valence-corrected chi connectivity index (χ4v) is 3.14. The summed E-state index contributed by atoms with van der Waals surface area (Å²) < 4.78 is 22.1. The van der Waals surface area contributed by atoms with Crippen LogP contribution in [-0.4, -0.2) is 31.3 Å². The number of aryl methyl sites for hydroxylation is 3. The second-order valence-corrected chi connectivity index (χ2v) is 7.58. The van der Waals surface area contributed by atoms with E-state index in [4.69, 9.17) is 18.7 Å². The molecule has 0 spiro atoms. The van der Waals surface area contributed by atoms with Crippen LogP contribution >= 0.6 is 0 Å². The van der Waals surface area contributed by atoms with E-state index in [2.05, 4.69) is 10.5 Å². The monoisotopic (exact) mass is 438 g/mol. The van der Waals surface area contributed by atoms with Crippen molar-refractivity contribution in [1.29, 1.82) is 0 Å². The molecule has 7 nitrogen and oxygen atoms in total. The molecular formula is C25H30N2O5. The van der Waals surface area contributed by atoms with Gasteiger partial charge in [0, 0.05) is 12.1 Å². The van der Waals surface area contributed by atoms with Crippen LogP contribution in [0.5, 0.6) is 17.2 Å². The maximum absolute atomic E-state index is 12.5. The lowest BCUT2D eigenvalue weighted by atomic mass is 10.1. The van der Waals surface area contributed by atoms with Crippen molar-refractivity contribution in [2.75, 3.05) is 20.3 Å². The van der Waals surface area contributed by atoms with Crippen LogP contribution in [0.3, 0.4) is 0 Å². The van der Waals surface area contributed by atoms with Gasteiger partial charge in [0.15, 0.2) is 11.5 Å². The molecule has 0 saturated carbocycles. The molecule has 32 heavy (non-hydrogen) atoms. The molecule has 0 fully saturated rings. The molecule has 1 amide bonds. The van der Waals surface area contributed by atoms with E-state index in [9.17, 15) is 4.79 Å². The zero-order chi connectivity index (χ0) is 22.9. The number of methoxy groups -OCH3 is 1. The van der Waals surface area contributed by atoms with Gasteiger partial charge in [-0.1, -0.05) is 22.9 Å². The molecule has 2 aromatic carbocycles. The first-order chi connectivity index (χ1) is 15.5. The van der Waals surface area contributed by atoms with E-state index < -0.39 is 0 Å². The highest BCUT2D eigenvalue weighted by Gasteiger charge is 2.14. The van der Waals surface area contributed by atoms with Gasteiger partial charge in [-0.05, 0) is 63.9 Å². The summed E-state index contributed by atoms with van der Waals surface area (Å²) in [7, 11) is 1.55.